The zero-order valence-corrected chi connectivity index (χ0v) is 11.4. The van der Waals surface area contributed by atoms with Crippen molar-refractivity contribution in [3.8, 4) is 0 Å². The van der Waals surface area contributed by atoms with Crippen LogP contribution < -0.4 is 4.90 Å². The van der Waals surface area contributed by atoms with Gasteiger partial charge >= 0.3 is 11.9 Å². The largest absolute Gasteiger partial charge is 0.480 e. The van der Waals surface area contributed by atoms with Crippen LogP contribution in [0.1, 0.15) is 30.3 Å². The summed E-state index contributed by atoms with van der Waals surface area (Å²) in [5, 5.41) is 9.38. The summed E-state index contributed by atoms with van der Waals surface area (Å²) in [7, 11) is 1.26. The van der Waals surface area contributed by atoms with Crippen LogP contribution in [0.3, 0.4) is 0 Å². The monoisotopic (exact) mass is 279 g/mol. The van der Waals surface area contributed by atoms with Crippen LogP contribution in [0.25, 0.3) is 0 Å². The second-order valence-electron chi connectivity index (χ2n) is 4.85. The fourth-order valence-corrected chi connectivity index (χ4v) is 2.52. The second-order valence-corrected chi connectivity index (χ2v) is 4.85. The summed E-state index contributed by atoms with van der Waals surface area (Å²) in [6, 6.07) is -0.647. The lowest BCUT2D eigenvalue weighted by molar-refractivity contribution is -0.140. The number of carboxylic acid groups (broad SMARTS) is 1. The van der Waals surface area contributed by atoms with Crippen LogP contribution in [0.5, 0.6) is 0 Å². The van der Waals surface area contributed by atoms with Gasteiger partial charge in [0.15, 0.2) is 5.69 Å². The van der Waals surface area contributed by atoms with Crippen LogP contribution in [-0.2, 0) is 9.53 Å². The van der Waals surface area contributed by atoms with Crippen LogP contribution in [0, 0.1) is 5.92 Å². The summed E-state index contributed by atoms with van der Waals surface area (Å²) in [4.78, 5) is 32.7. The zero-order valence-electron chi connectivity index (χ0n) is 11.4. The molecule has 1 aromatic rings. The minimum atomic E-state index is -0.887. The Morgan fingerprint density at radius 1 is 1.45 bits per heavy atom. The maximum atomic E-state index is 11.5. The first-order chi connectivity index (χ1) is 9.54. The average Bonchev–Trinajstić information content (AvgIpc) is 2.45. The maximum Gasteiger partial charge on any atom is 0.358 e. The molecule has 1 saturated heterocycles. The van der Waals surface area contributed by atoms with Crippen molar-refractivity contribution in [1.29, 1.82) is 0 Å². The number of hydrogen-bond donors (Lipinski definition) is 1. The number of ether oxygens (including phenoxy) is 1. The summed E-state index contributed by atoms with van der Waals surface area (Å²) in [6.45, 7) is 2.49. The van der Waals surface area contributed by atoms with E-state index < -0.39 is 18.0 Å². The summed E-state index contributed by atoms with van der Waals surface area (Å²) in [5.74, 6) is -1.06. The minimum Gasteiger partial charge on any atom is -0.480 e. The van der Waals surface area contributed by atoms with Crippen molar-refractivity contribution in [2.45, 2.75) is 25.8 Å². The normalized spacial score (nSPS) is 22.4. The number of carboxylic acids is 1. The van der Waals surface area contributed by atoms with Gasteiger partial charge in [0.05, 0.1) is 19.5 Å². The van der Waals surface area contributed by atoms with E-state index in [0.29, 0.717) is 12.4 Å². The van der Waals surface area contributed by atoms with Gasteiger partial charge in [0.25, 0.3) is 0 Å². The molecule has 1 aliphatic rings. The molecular weight excluding hydrogens is 262 g/mol. The number of nitrogens with zero attached hydrogens (tertiary/aromatic N) is 3. The molecule has 0 saturated carbocycles. The number of aliphatic carboxylic acids is 1. The molecule has 2 unspecified atom stereocenters. The molecule has 0 aromatic carbocycles. The van der Waals surface area contributed by atoms with Crippen molar-refractivity contribution in [2.75, 3.05) is 18.6 Å². The van der Waals surface area contributed by atoms with E-state index in [1.807, 2.05) is 6.92 Å². The maximum absolute atomic E-state index is 11.5. The number of carbonyl (C=O) groups excluding carboxylic acids is 1. The molecule has 20 heavy (non-hydrogen) atoms. The van der Waals surface area contributed by atoms with E-state index in [9.17, 15) is 14.7 Å². The van der Waals surface area contributed by atoms with Gasteiger partial charge in [0.1, 0.15) is 11.9 Å². The van der Waals surface area contributed by atoms with E-state index in [1.165, 1.54) is 19.5 Å². The van der Waals surface area contributed by atoms with E-state index in [0.717, 1.165) is 12.8 Å². The topological polar surface area (TPSA) is 92.6 Å². The Balaban J connectivity index is 2.33. The predicted octanol–water partition coefficient (Wildman–Crippen LogP) is 0.953. The quantitative estimate of drug-likeness (QED) is 0.823. The first-order valence-corrected chi connectivity index (χ1v) is 6.44. The van der Waals surface area contributed by atoms with E-state index in [4.69, 9.17) is 0 Å². The van der Waals surface area contributed by atoms with Crippen LogP contribution in [0.15, 0.2) is 12.4 Å². The van der Waals surface area contributed by atoms with Crippen molar-refractivity contribution in [1.82, 2.24) is 9.97 Å². The van der Waals surface area contributed by atoms with Crippen LogP contribution in [-0.4, -0.2) is 46.7 Å². The lowest BCUT2D eigenvalue weighted by atomic mass is 9.91. The van der Waals surface area contributed by atoms with E-state index in [1.54, 1.807) is 4.90 Å². The number of carbonyl (C=O) groups is 2. The number of esters is 1. The molecule has 1 aliphatic heterocycles. The predicted molar refractivity (Wildman–Crippen MR) is 70.5 cm³/mol. The SMILES string of the molecule is COC(=O)c1cncc(N2CCCC(C)C2C(=O)O)n1. The summed E-state index contributed by atoms with van der Waals surface area (Å²) in [5.41, 5.74) is 0.0763. The third-order valence-electron chi connectivity index (χ3n) is 3.50. The fourth-order valence-electron chi connectivity index (χ4n) is 2.52. The molecule has 1 fully saturated rings. The molecule has 2 heterocycles. The van der Waals surface area contributed by atoms with E-state index in [-0.39, 0.29) is 11.6 Å². The first kappa shape index (κ1) is 14.2. The minimum absolute atomic E-state index is 0.0184. The molecule has 0 spiro atoms. The molecule has 0 radical (unpaired) electrons. The van der Waals surface area contributed by atoms with Gasteiger partial charge in [-0.2, -0.15) is 0 Å². The number of anilines is 1. The molecule has 0 bridgehead atoms. The molecule has 2 rings (SSSR count). The van der Waals surface area contributed by atoms with E-state index in [2.05, 4.69) is 14.7 Å². The van der Waals surface area contributed by atoms with Gasteiger partial charge in [-0.3, -0.25) is 4.98 Å². The highest BCUT2D eigenvalue weighted by molar-refractivity contribution is 5.87. The van der Waals surface area contributed by atoms with Crippen molar-refractivity contribution in [2.24, 2.45) is 5.92 Å². The third kappa shape index (κ3) is 2.71. The molecular formula is C13H17N3O4. The van der Waals surface area contributed by atoms with Crippen LogP contribution in [0.4, 0.5) is 5.82 Å². The van der Waals surface area contributed by atoms with Gasteiger partial charge in [0.2, 0.25) is 0 Å². The Hall–Kier alpha value is -2.18. The fraction of sp³-hybridized carbons (Fsp3) is 0.538. The van der Waals surface area contributed by atoms with E-state index >= 15 is 0 Å². The number of rotatable bonds is 3. The summed E-state index contributed by atoms with van der Waals surface area (Å²) in [6.07, 6.45) is 4.52. The highest BCUT2D eigenvalue weighted by Gasteiger charge is 2.35. The molecule has 108 valence electrons. The van der Waals surface area contributed by atoms with Crippen molar-refractivity contribution < 1.29 is 19.4 Å². The zero-order chi connectivity index (χ0) is 14.7. The average molecular weight is 279 g/mol. The molecule has 0 aliphatic carbocycles. The van der Waals surface area contributed by atoms with Gasteiger partial charge in [0, 0.05) is 6.54 Å². The standard InChI is InChI=1S/C13H17N3O4/c1-8-4-3-5-16(11(8)12(17)18)10-7-14-6-9(15-10)13(19)20-2/h6-8,11H,3-5H2,1-2H3,(H,17,18). The van der Waals surface area contributed by atoms with Gasteiger partial charge in [-0.05, 0) is 18.8 Å². The molecule has 0 amide bonds. The molecule has 2 atom stereocenters. The number of aromatic nitrogens is 2. The smallest absolute Gasteiger partial charge is 0.358 e. The Morgan fingerprint density at radius 2 is 2.20 bits per heavy atom. The molecule has 7 nitrogen and oxygen atoms in total. The number of methoxy groups -OCH3 is 1. The first-order valence-electron chi connectivity index (χ1n) is 6.44. The van der Waals surface area contributed by atoms with Gasteiger partial charge < -0.3 is 14.7 Å². The van der Waals surface area contributed by atoms with Crippen LogP contribution in [0.2, 0.25) is 0 Å². The molecule has 1 N–H and O–H groups in total. The highest BCUT2D eigenvalue weighted by atomic mass is 16.5. The van der Waals surface area contributed by atoms with Crippen molar-refractivity contribution in [3.05, 3.63) is 18.1 Å². The number of hydrogen-bond acceptors (Lipinski definition) is 6. The van der Waals surface area contributed by atoms with Gasteiger partial charge in [-0.1, -0.05) is 6.92 Å². The molecule has 1 aromatic heterocycles. The van der Waals surface area contributed by atoms with Gasteiger partial charge in [-0.25, -0.2) is 14.6 Å². The van der Waals surface area contributed by atoms with Gasteiger partial charge in [-0.15, -0.1) is 0 Å². The Kier molecular flexibility index (Phi) is 4.16. The van der Waals surface area contributed by atoms with Crippen LogP contribution >= 0.6 is 0 Å². The summed E-state index contributed by atoms with van der Waals surface area (Å²) < 4.78 is 4.60. The molecule has 7 heteroatoms. The third-order valence-corrected chi connectivity index (χ3v) is 3.50. The number of piperidine rings is 1. The Morgan fingerprint density at radius 3 is 2.85 bits per heavy atom. The highest BCUT2D eigenvalue weighted by Crippen LogP contribution is 2.27. The summed E-state index contributed by atoms with van der Waals surface area (Å²) >= 11 is 0. The lowest BCUT2D eigenvalue weighted by Gasteiger charge is -2.37. The second kappa shape index (κ2) is 5.85. The lowest BCUT2D eigenvalue weighted by Crippen LogP contribution is -2.49. The van der Waals surface area contributed by atoms with Crippen molar-refractivity contribution >= 4 is 17.8 Å². The Labute approximate surface area is 116 Å². The van der Waals surface area contributed by atoms with Crippen molar-refractivity contribution in [3.63, 3.8) is 0 Å². The Bertz CT molecular complexity index is 520.